The van der Waals surface area contributed by atoms with Crippen molar-refractivity contribution in [3.05, 3.63) is 72.1 Å². The molecule has 1 aliphatic carbocycles. The Balaban J connectivity index is 1.74. The number of nitrogens with one attached hydrogen (secondary N) is 1. The lowest BCUT2D eigenvalue weighted by Gasteiger charge is -1.98. The second kappa shape index (κ2) is 4.96. The third kappa shape index (κ3) is 1.98. The van der Waals surface area contributed by atoms with Gasteiger partial charge in [-0.25, -0.2) is 10.00 Å². The molecule has 110 valence electrons. The molecule has 5 heteroatoms. The van der Waals surface area contributed by atoms with Gasteiger partial charge in [0.25, 0.3) is 0 Å². The smallest absolute Gasteiger partial charge is 0.247 e. The Hall–Kier alpha value is -2.66. The molecule has 2 heterocycles. The van der Waals surface area contributed by atoms with E-state index in [1.54, 1.807) is 5.48 Å². The first kappa shape index (κ1) is 13.0. The van der Waals surface area contributed by atoms with E-state index in [2.05, 4.69) is 5.10 Å². The number of carbonyl (C=O) groups is 1. The van der Waals surface area contributed by atoms with Crippen LogP contribution in [0.1, 0.15) is 23.1 Å². The Morgan fingerprint density at radius 2 is 1.86 bits per heavy atom. The molecule has 2 N–H and O–H groups in total. The first-order valence-corrected chi connectivity index (χ1v) is 7.23. The molecular formula is C17H15N3O2. The average Bonchev–Trinajstić information content (AvgIpc) is 3.17. The summed E-state index contributed by atoms with van der Waals surface area (Å²) in [5, 5.41) is 13.6. The fourth-order valence-corrected chi connectivity index (χ4v) is 3.29. The van der Waals surface area contributed by atoms with E-state index in [1.807, 2.05) is 65.3 Å². The van der Waals surface area contributed by atoms with E-state index in [0.717, 1.165) is 16.8 Å². The van der Waals surface area contributed by atoms with E-state index in [9.17, 15) is 4.79 Å². The molecule has 2 aromatic heterocycles. The van der Waals surface area contributed by atoms with Gasteiger partial charge >= 0.3 is 0 Å². The topological polar surface area (TPSA) is 66.6 Å². The number of nitrogens with zero attached hydrogens (tertiary/aromatic N) is 2. The van der Waals surface area contributed by atoms with Gasteiger partial charge in [-0.1, -0.05) is 36.4 Å². The van der Waals surface area contributed by atoms with Crippen LogP contribution < -0.4 is 5.48 Å². The van der Waals surface area contributed by atoms with Gasteiger partial charge in [-0.2, -0.15) is 5.10 Å². The number of rotatable bonds is 3. The van der Waals surface area contributed by atoms with E-state index in [4.69, 9.17) is 5.21 Å². The molecule has 5 nitrogen and oxygen atoms in total. The molecule has 1 fully saturated rings. The summed E-state index contributed by atoms with van der Waals surface area (Å²) in [6.07, 6.45) is 1.89. The van der Waals surface area contributed by atoms with Gasteiger partial charge < -0.3 is 0 Å². The summed E-state index contributed by atoms with van der Waals surface area (Å²) in [5.74, 6) is -0.582. The van der Waals surface area contributed by atoms with E-state index >= 15 is 0 Å². The quantitative estimate of drug-likeness (QED) is 0.575. The highest BCUT2D eigenvalue weighted by atomic mass is 16.5. The molecule has 3 aromatic rings. The maximum atomic E-state index is 12.0. The van der Waals surface area contributed by atoms with Gasteiger partial charge in [0.15, 0.2) is 0 Å². The standard InChI is InChI=1S/C17H15N3O2/c21-17(19-22)16-14(11-6-2-1-3-7-11)15(16)13-10-12-8-4-5-9-20(12)18-13/h1-10,14-16,22H,(H,19,21)/t14-,15-,16-/m1/s1. The summed E-state index contributed by atoms with van der Waals surface area (Å²) in [7, 11) is 0. The van der Waals surface area contributed by atoms with Gasteiger partial charge in [0.05, 0.1) is 17.1 Å². The molecule has 0 unspecified atom stereocenters. The van der Waals surface area contributed by atoms with Gasteiger partial charge in [-0.05, 0) is 23.8 Å². The second-order valence-corrected chi connectivity index (χ2v) is 5.60. The molecule has 0 radical (unpaired) electrons. The molecule has 0 bridgehead atoms. The summed E-state index contributed by atoms with van der Waals surface area (Å²) in [6.45, 7) is 0. The summed E-state index contributed by atoms with van der Waals surface area (Å²) in [5.41, 5.74) is 4.76. The molecular weight excluding hydrogens is 278 g/mol. The van der Waals surface area contributed by atoms with Gasteiger partial charge in [0.2, 0.25) is 5.91 Å². The number of amides is 1. The first-order valence-electron chi connectivity index (χ1n) is 7.23. The van der Waals surface area contributed by atoms with Gasteiger partial charge in [-0.15, -0.1) is 0 Å². The van der Waals surface area contributed by atoms with E-state index < -0.39 is 0 Å². The van der Waals surface area contributed by atoms with Crippen molar-refractivity contribution < 1.29 is 10.0 Å². The van der Waals surface area contributed by atoms with Crippen LogP contribution in [0.15, 0.2) is 60.8 Å². The van der Waals surface area contributed by atoms with Crippen molar-refractivity contribution in [2.75, 3.05) is 0 Å². The Labute approximate surface area is 127 Å². The monoisotopic (exact) mass is 293 g/mol. The second-order valence-electron chi connectivity index (χ2n) is 5.60. The molecule has 3 atom stereocenters. The van der Waals surface area contributed by atoms with Crippen molar-refractivity contribution in [2.45, 2.75) is 11.8 Å². The maximum absolute atomic E-state index is 12.0. The molecule has 0 saturated heterocycles. The van der Waals surface area contributed by atoms with Crippen LogP contribution in [-0.4, -0.2) is 20.7 Å². The minimum atomic E-state index is -0.351. The van der Waals surface area contributed by atoms with Crippen molar-refractivity contribution in [3.63, 3.8) is 0 Å². The largest absolute Gasteiger partial charge is 0.289 e. The fraction of sp³-hybridized carbons (Fsp3) is 0.176. The Bertz CT molecular complexity index is 795. The predicted molar refractivity (Wildman–Crippen MR) is 80.5 cm³/mol. The lowest BCUT2D eigenvalue weighted by Crippen LogP contribution is -2.21. The molecule has 1 aliphatic rings. The van der Waals surface area contributed by atoms with Crippen LogP contribution >= 0.6 is 0 Å². The summed E-state index contributed by atoms with van der Waals surface area (Å²) >= 11 is 0. The van der Waals surface area contributed by atoms with Crippen LogP contribution in [-0.2, 0) is 4.79 Å². The van der Waals surface area contributed by atoms with E-state index in [1.165, 1.54) is 0 Å². The Kier molecular flexibility index (Phi) is 2.94. The Morgan fingerprint density at radius 3 is 2.59 bits per heavy atom. The highest BCUT2D eigenvalue weighted by Gasteiger charge is 2.57. The van der Waals surface area contributed by atoms with Crippen molar-refractivity contribution in [1.29, 1.82) is 0 Å². The number of benzene rings is 1. The highest BCUT2D eigenvalue weighted by Crippen LogP contribution is 2.60. The van der Waals surface area contributed by atoms with Gasteiger partial charge in [-0.3, -0.25) is 10.0 Å². The lowest BCUT2D eigenvalue weighted by molar-refractivity contribution is -0.130. The lowest BCUT2D eigenvalue weighted by atomic mass is 10.1. The third-order valence-electron chi connectivity index (χ3n) is 4.35. The van der Waals surface area contributed by atoms with Crippen molar-refractivity contribution in [2.24, 2.45) is 5.92 Å². The van der Waals surface area contributed by atoms with Crippen LogP contribution in [0.3, 0.4) is 0 Å². The van der Waals surface area contributed by atoms with Crippen LogP contribution in [0, 0.1) is 5.92 Å². The third-order valence-corrected chi connectivity index (χ3v) is 4.35. The van der Waals surface area contributed by atoms with Crippen LogP contribution in [0.5, 0.6) is 0 Å². The van der Waals surface area contributed by atoms with Crippen molar-refractivity contribution in [3.8, 4) is 0 Å². The first-order chi connectivity index (χ1) is 10.8. The van der Waals surface area contributed by atoms with Crippen LogP contribution in [0.4, 0.5) is 0 Å². The molecule has 1 aromatic carbocycles. The fourth-order valence-electron chi connectivity index (χ4n) is 3.29. The average molecular weight is 293 g/mol. The zero-order valence-electron chi connectivity index (χ0n) is 11.8. The molecule has 22 heavy (non-hydrogen) atoms. The minimum Gasteiger partial charge on any atom is -0.289 e. The van der Waals surface area contributed by atoms with Gasteiger partial charge in [0.1, 0.15) is 0 Å². The van der Waals surface area contributed by atoms with E-state index in [0.29, 0.717) is 0 Å². The highest BCUT2D eigenvalue weighted by molar-refractivity contribution is 5.84. The number of carbonyl (C=O) groups excluding carboxylic acids is 1. The minimum absolute atomic E-state index is 0.00514. The molecule has 1 saturated carbocycles. The van der Waals surface area contributed by atoms with Gasteiger partial charge in [0, 0.05) is 18.0 Å². The van der Waals surface area contributed by atoms with Crippen molar-refractivity contribution in [1.82, 2.24) is 15.1 Å². The zero-order valence-corrected chi connectivity index (χ0v) is 11.8. The van der Waals surface area contributed by atoms with Crippen molar-refractivity contribution >= 4 is 11.4 Å². The van der Waals surface area contributed by atoms with E-state index in [-0.39, 0.29) is 23.7 Å². The number of pyridine rings is 1. The normalized spacial score (nSPS) is 23.4. The Morgan fingerprint density at radius 1 is 1.09 bits per heavy atom. The van der Waals surface area contributed by atoms with Crippen LogP contribution in [0.2, 0.25) is 0 Å². The molecule has 4 rings (SSSR count). The SMILES string of the molecule is O=C(NO)[C@@H]1[C@H](c2ccccc2)[C@H]1c1cc2ccccn2n1. The van der Waals surface area contributed by atoms with Crippen LogP contribution in [0.25, 0.3) is 5.52 Å². The number of hydrogen-bond acceptors (Lipinski definition) is 3. The predicted octanol–water partition coefficient (Wildman–Crippen LogP) is 2.34. The zero-order chi connectivity index (χ0) is 15.1. The summed E-state index contributed by atoms with van der Waals surface area (Å²) in [4.78, 5) is 12.0. The number of fused-ring (bicyclic) bond motifs is 1. The molecule has 1 amide bonds. The molecule has 0 aliphatic heterocycles. The maximum Gasteiger partial charge on any atom is 0.247 e. The summed E-state index contributed by atoms with van der Waals surface area (Å²) < 4.78 is 1.81. The molecule has 0 spiro atoms. The number of hydroxylamine groups is 1. The number of hydrogen-bond donors (Lipinski definition) is 2. The number of aromatic nitrogens is 2. The summed E-state index contributed by atoms with van der Waals surface area (Å²) in [6, 6.07) is 17.8.